The average molecular weight is 599 g/mol. The number of carbonyl (C=O) groups is 5. The summed E-state index contributed by atoms with van der Waals surface area (Å²) in [6, 6.07) is -1.04. The van der Waals surface area contributed by atoms with Crippen LogP contribution in [0.1, 0.15) is 19.8 Å². The molecule has 5 atom stereocenters. The number of ether oxygens (including phenoxy) is 2. The Hall–Kier alpha value is -2.79. The van der Waals surface area contributed by atoms with Gasteiger partial charge in [0.05, 0.1) is 23.4 Å². The van der Waals surface area contributed by atoms with Gasteiger partial charge in [0.25, 0.3) is 0 Å². The number of primary amides is 1. The predicted molar refractivity (Wildman–Crippen MR) is 147 cm³/mol. The maximum atomic E-state index is 13.7. The van der Waals surface area contributed by atoms with E-state index in [1.807, 2.05) is 4.90 Å². The van der Waals surface area contributed by atoms with E-state index in [1.165, 1.54) is 28.7 Å². The number of amides is 2. The van der Waals surface area contributed by atoms with Crippen molar-refractivity contribution in [2.75, 3.05) is 44.9 Å². The number of allylic oxidation sites excluding steroid dienone is 2. The van der Waals surface area contributed by atoms with Crippen LogP contribution in [0, 0.1) is 5.92 Å². The number of fused-ring (bicyclic) bond motifs is 4. The zero-order chi connectivity index (χ0) is 29.2. The third-order valence-electron chi connectivity index (χ3n) is 7.51. The summed E-state index contributed by atoms with van der Waals surface area (Å²) in [6.45, 7) is 2.77. The molecule has 0 bridgehead atoms. The van der Waals surface area contributed by atoms with E-state index in [4.69, 9.17) is 26.0 Å². The Morgan fingerprint density at radius 2 is 1.93 bits per heavy atom. The predicted octanol–water partition coefficient (Wildman–Crippen LogP) is -1.33. The third kappa shape index (κ3) is 5.68. The van der Waals surface area contributed by atoms with Crippen molar-refractivity contribution < 1.29 is 38.6 Å². The second-order valence-corrected chi connectivity index (χ2v) is 12.5. The monoisotopic (exact) mass is 598 g/mol. The van der Waals surface area contributed by atoms with E-state index in [9.17, 15) is 24.0 Å². The van der Waals surface area contributed by atoms with Crippen molar-refractivity contribution in [3.63, 3.8) is 0 Å². The number of carboxylic acids is 1. The number of rotatable bonds is 15. The molecule has 4 aliphatic rings. The standard InChI is InChI=1S/C24H34N6O8S2/c1-11-17(28-6-8-40-39-7-5-27-15(31)4-3-13(25)22(34)35)20(33)16-12(10-38-23(26)36)24(37-2)21-14(29-21)9-30(24)18(16)19(11)32/h12-14,21,28-29H,3-10,25H2,1-2H3,(H2,26,36)(H,27,31)(H,34,35)/t12-,13-,14+,21+,24-/m1/s1. The molecule has 16 heteroatoms. The number of methoxy groups -OCH3 is 1. The number of carboxylic acid groups (broad SMARTS) is 1. The van der Waals surface area contributed by atoms with Gasteiger partial charge in [-0.1, -0.05) is 21.6 Å². The molecule has 2 saturated heterocycles. The molecule has 3 heterocycles. The first-order valence-corrected chi connectivity index (χ1v) is 15.3. The van der Waals surface area contributed by atoms with Crippen molar-refractivity contribution in [2.24, 2.45) is 17.4 Å². The van der Waals surface area contributed by atoms with Crippen LogP contribution in [0.3, 0.4) is 0 Å². The SMILES string of the molecule is CO[C@@]12[C@H](COC(N)=O)C3=C(C(=O)C(C)=C(NCCSSCCNC(=O)CC[C@@H](N)C(=O)O)C3=O)N1C[C@@H]1N[C@@H]12. The molecule has 0 radical (unpaired) electrons. The molecule has 0 unspecified atom stereocenters. The summed E-state index contributed by atoms with van der Waals surface area (Å²) < 4.78 is 11.1. The van der Waals surface area contributed by atoms with Crippen LogP contribution < -0.4 is 27.4 Å². The molecular formula is C24H34N6O8S2. The number of hydrogen-bond donors (Lipinski definition) is 6. The fourth-order valence-electron chi connectivity index (χ4n) is 5.57. The quantitative estimate of drug-likeness (QED) is 0.0556. The van der Waals surface area contributed by atoms with E-state index >= 15 is 0 Å². The molecule has 1 aliphatic carbocycles. The molecule has 0 saturated carbocycles. The van der Waals surface area contributed by atoms with Gasteiger partial charge in [-0.25, -0.2) is 4.79 Å². The summed E-state index contributed by atoms with van der Waals surface area (Å²) in [4.78, 5) is 63.0. The molecule has 4 rings (SSSR count). The second kappa shape index (κ2) is 12.4. The number of nitrogens with zero attached hydrogens (tertiary/aromatic N) is 1. The van der Waals surface area contributed by atoms with Crippen LogP contribution in [0.15, 0.2) is 22.5 Å². The summed E-state index contributed by atoms with van der Waals surface area (Å²) in [5, 5.41) is 17.9. The van der Waals surface area contributed by atoms with E-state index < -0.39 is 29.7 Å². The summed E-state index contributed by atoms with van der Waals surface area (Å²) in [7, 11) is 4.59. The van der Waals surface area contributed by atoms with Gasteiger partial charge in [0, 0.05) is 61.9 Å². The topological polar surface area (TPSA) is 225 Å². The Balaban J connectivity index is 1.28. The smallest absolute Gasteiger partial charge is 0.404 e. The van der Waals surface area contributed by atoms with Gasteiger partial charge in [0.1, 0.15) is 12.6 Å². The van der Waals surface area contributed by atoms with Crippen molar-refractivity contribution in [2.45, 2.75) is 43.6 Å². The van der Waals surface area contributed by atoms with Crippen LogP contribution in [0.4, 0.5) is 4.79 Å². The van der Waals surface area contributed by atoms with Crippen molar-refractivity contribution in [1.82, 2.24) is 20.9 Å². The van der Waals surface area contributed by atoms with Crippen LogP contribution in [-0.4, -0.2) is 108 Å². The summed E-state index contributed by atoms with van der Waals surface area (Å²) in [5.74, 6) is -1.42. The Kier molecular flexibility index (Phi) is 9.34. The lowest BCUT2D eigenvalue weighted by atomic mass is 9.82. The molecule has 8 N–H and O–H groups in total. The minimum atomic E-state index is -1.14. The van der Waals surface area contributed by atoms with Crippen LogP contribution in [0.2, 0.25) is 0 Å². The first kappa shape index (κ1) is 30.2. The van der Waals surface area contributed by atoms with Gasteiger partial charge in [0.2, 0.25) is 17.5 Å². The number of nitrogens with two attached hydrogens (primary N) is 2. The van der Waals surface area contributed by atoms with Gasteiger partial charge in [-0.3, -0.25) is 19.2 Å². The van der Waals surface area contributed by atoms with Gasteiger partial charge in [-0.05, 0) is 13.3 Å². The largest absolute Gasteiger partial charge is 0.480 e. The molecule has 220 valence electrons. The molecule has 2 fully saturated rings. The van der Waals surface area contributed by atoms with Gasteiger partial charge >= 0.3 is 12.1 Å². The number of ketones is 2. The highest BCUT2D eigenvalue weighted by Crippen LogP contribution is 2.55. The van der Waals surface area contributed by atoms with Gasteiger partial charge in [0.15, 0.2) is 5.72 Å². The molecule has 2 amide bonds. The Bertz CT molecular complexity index is 1160. The minimum Gasteiger partial charge on any atom is -0.480 e. The van der Waals surface area contributed by atoms with Crippen molar-refractivity contribution in [3.8, 4) is 0 Å². The summed E-state index contributed by atoms with van der Waals surface area (Å²) in [6.07, 6.45) is -0.850. The van der Waals surface area contributed by atoms with E-state index in [0.717, 1.165) is 0 Å². The normalized spacial score (nSPS) is 27.3. The van der Waals surface area contributed by atoms with E-state index in [0.29, 0.717) is 42.4 Å². The third-order valence-corrected chi connectivity index (χ3v) is 9.91. The summed E-state index contributed by atoms with van der Waals surface area (Å²) in [5.41, 5.74) is 10.7. The molecule has 3 aliphatic heterocycles. The second-order valence-electron chi connectivity index (χ2n) is 9.82. The number of nitrogens with one attached hydrogen (secondary N) is 3. The highest BCUT2D eigenvalue weighted by atomic mass is 33.1. The fourth-order valence-corrected chi connectivity index (χ4v) is 7.38. The maximum absolute atomic E-state index is 13.7. The molecule has 0 aromatic rings. The fraction of sp³-hybridized carbons (Fsp3) is 0.625. The van der Waals surface area contributed by atoms with Gasteiger partial charge in [-0.15, -0.1) is 0 Å². The number of aliphatic carboxylic acids is 1. The number of piperazine rings is 1. The summed E-state index contributed by atoms with van der Waals surface area (Å²) >= 11 is 0. The van der Waals surface area contributed by atoms with Gasteiger partial charge in [-0.2, -0.15) is 0 Å². The van der Waals surface area contributed by atoms with Crippen LogP contribution in [0.25, 0.3) is 0 Å². The average Bonchev–Trinajstić information content (AvgIpc) is 3.53. The lowest BCUT2D eigenvalue weighted by molar-refractivity contribution is -0.138. The number of carbonyl (C=O) groups excluding carboxylic acids is 4. The molecule has 40 heavy (non-hydrogen) atoms. The maximum Gasteiger partial charge on any atom is 0.404 e. The molecular weight excluding hydrogens is 564 g/mol. The van der Waals surface area contributed by atoms with Crippen molar-refractivity contribution in [3.05, 3.63) is 22.5 Å². The number of Topliss-reactive ketones (excluding diaryl/α,β-unsaturated/α-hetero) is 2. The van der Waals surface area contributed by atoms with E-state index in [2.05, 4.69) is 16.0 Å². The first-order chi connectivity index (χ1) is 19.0. The molecule has 14 nitrogen and oxygen atoms in total. The van der Waals surface area contributed by atoms with E-state index in [1.54, 1.807) is 6.92 Å². The minimum absolute atomic E-state index is 0.0467. The number of hydrogen-bond acceptors (Lipinski definition) is 13. The lowest BCUT2D eigenvalue weighted by Gasteiger charge is -2.39. The Morgan fingerprint density at radius 1 is 1.23 bits per heavy atom. The Morgan fingerprint density at radius 3 is 2.58 bits per heavy atom. The molecule has 0 aromatic carbocycles. The first-order valence-electron chi connectivity index (χ1n) is 12.8. The zero-order valence-corrected chi connectivity index (χ0v) is 23.8. The molecule has 0 aromatic heterocycles. The van der Waals surface area contributed by atoms with Crippen molar-refractivity contribution >= 4 is 51.1 Å². The zero-order valence-electron chi connectivity index (χ0n) is 22.2. The molecule has 0 spiro atoms. The van der Waals surface area contributed by atoms with Crippen molar-refractivity contribution in [1.29, 1.82) is 0 Å². The van der Waals surface area contributed by atoms with Gasteiger partial charge < -0.3 is 46.9 Å². The lowest BCUT2D eigenvalue weighted by Crippen LogP contribution is -2.55. The van der Waals surface area contributed by atoms with E-state index in [-0.39, 0.29) is 60.3 Å². The van der Waals surface area contributed by atoms with Crippen LogP contribution in [-0.2, 0) is 28.7 Å². The van der Waals surface area contributed by atoms with Crippen LogP contribution in [0.5, 0.6) is 0 Å². The van der Waals surface area contributed by atoms with Crippen LogP contribution >= 0.6 is 21.6 Å². The highest BCUT2D eigenvalue weighted by molar-refractivity contribution is 8.76. The Labute approximate surface area is 238 Å². The highest BCUT2D eigenvalue weighted by Gasteiger charge is 2.72.